The van der Waals surface area contributed by atoms with Gasteiger partial charge in [0.25, 0.3) is 5.91 Å². The van der Waals surface area contributed by atoms with E-state index in [0.29, 0.717) is 6.61 Å². The van der Waals surface area contributed by atoms with Gasteiger partial charge in [-0.3, -0.25) is 4.79 Å². The molecule has 0 spiro atoms. The summed E-state index contributed by atoms with van der Waals surface area (Å²) in [4.78, 5) is 11.6. The van der Waals surface area contributed by atoms with Crippen LogP contribution in [0.15, 0.2) is 23.1 Å². The molecule has 1 aromatic carbocycles. The molecule has 0 heterocycles. The third kappa shape index (κ3) is 4.46. The molecular formula is C11H15ClN2O4S. The highest BCUT2D eigenvalue weighted by atomic mass is 35.5. The molecule has 0 radical (unpaired) electrons. The van der Waals surface area contributed by atoms with Gasteiger partial charge in [0, 0.05) is 18.7 Å². The van der Waals surface area contributed by atoms with E-state index in [1.807, 2.05) is 0 Å². The Balaban J connectivity index is 3.00. The van der Waals surface area contributed by atoms with E-state index >= 15 is 0 Å². The Morgan fingerprint density at radius 1 is 1.53 bits per heavy atom. The van der Waals surface area contributed by atoms with Gasteiger partial charge in [-0.2, -0.15) is 0 Å². The molecule has 106 valence electrons. The normalized spacial score (nSPS) is 13.1. The third-order valence-corrected chi connectivity index (χ3v) is 3.69. The van der Waals surface area contributed by atoms with Gasteiger partial charge in [0.05, 0.1) is 11.6 Å². The van der Waals surface area contributed by atoms with Crippen LogP contribution in [0.5, 0.6) is 0 Å². The zero-order valence-electron chi connectivity index (χ0n) is 10.5. The highest BCUT2D eigenvalue weighted by molar-refractivity contribution is 7.89. The molecule has 0 aromatic heterocycles. The van der Waals surface area contributed by atoms with Gasteiger partial charge < -0.3 is 10.1 Å². The molecule has 1 aromatic rings. The van der Waals surface area contributed by atoms with Crippen molar-refractivity contribution in [1.29, 1.82) is 0 Å². The smallest absolute Gasteiger partial charge is 0.251 e. The Kier molecular flexibility index (Phi) is 5.30. The second-order valence-electron chi connectivity index (χ2n) is 4.02. The molecule has 0 aliphatic carbocycles. The van der Waals surface area contributed by atoms with Crippen LogP contribution in [-0.4, -0.2) is 34.1 Å². The molecule has 1 amide bonds. The topological polar surface area (TPSA) is 98.5 Å². The Morgan fingerprint density at radius 2 is 2.16 bits per heavy atom. The van der Waals surface area contributed by atoms with Crippen molar-refractivity contribution in [2.75, 3.05) is 13.7 Å². The van der Waals surface area contributed by atoms with Crippen molar-refractivity contribution in [2.24, 2.45) is 5.14 Å². The molecule has 3 N–H and O–H groups in total. The Labute approximate surface area is 116 Å². The average Bonchev–Trinajstić information content (AvgIpc) is 2.27. The molecule has 0 bridgehead atoms. The Hall–Kier alpha value is -1.15. The van der Waals surface area contributed by atoms with Crippen molar-refractivity contribution in [3.63, 3.8) is 0 Å². The predicted octanol–water partition coefficient (Wildman–Crippen LogP) is 0.752. The molecule has 0 saturated heterocycles. The lowest BCUT2D eigenvalue weighted by atomic mass is 10.2. The number of benzene rings is 1. The van der Waals surface area contributed by atoms with Crippen LogP contribution in [0.4, 0.5) is 0 Å². The maximum absolute atomic E-state index is 11.9. The molecule has 1 atom stereocenters. The molecule has 1 unspecified atom stereocenters. The summed E-state index contributed by atoms with van der Waals surface area (Å²) in [5.41, 5.74) is 0.163. The number of nitrogens with two attached hydrogens (primary N) is 1. The first-order valence-corrected chi connectivity index (χ1v) is 7.30. The van der Waals surface area contributed by atoms with Crippen molar-refractivity contribution in [1.82, 2.24) is 5.32 Å². The van der Waals surface area contributed by atoms with Gasteiger partial charge in [-0.1, -0.05) is 11.6 Å². The van der Waals surface area contributed by atoms with Crippen molar-refractivity contribution in [3.8, 4) is 0 Å². The summed E-state index contributed by atoms with van der Waals surface area (Å²) in [7, 11) is -2.45. The molecule has 6 nitrogen and oxygen atoms in total. The number of methoxy groups -OCH3 is 1. The summed E-state index contributed by atoms with van der Waals surface area (Å²) in [6.45, 7) is 2.11. The van der Waals surface area contributed by atoms with Gasteiger partial charge in [-0.05, 0) is 25.1 Å². The van der Waals surface area contributed by atoms with E-state index in [-0.39, 0.29) is 21.5 Å². The largest absolute Gasteiger partial charge is 0.383 e. The average molecular weight is 307 g/mol. The summed E-state index contributed by atoms with van der Waals surface area (Å²) in [6.07, 6.45) is 0. The fraction of sp³-hybridized carbons (Fsp3) is 0.364. The Bertz CT molecular complexity index is 574. The van der Waals surface area contributed by atoms with E-state index in [1.165, 1.54) is 19.2 Å². The van der Waals surface area contributed by atoms with Crippen LogP contribution >= 0.6 is 11.6 Å². The van der Waals surface area contributed by atoms with Gasteiger partial charge in [-0.25, -0.2) is 13.6 Å². The van der Waals surface area contributed by atoms with Crippen LogP contribution in [0.25, 0.3) is 0 Å². The predicted molar refractivity (Wildman–Crippen MR) is 71.6 cm³/mol. The van der Waals surface area contributed by atoms with Gasteiger partial charge in [0.2, 0.25) is 10.0 Å². The van der Waals surface area contributed by atoms with E-state index in [2.05, 4.69) is 5.32 Å². The second kappa shape index (κ2) is 6.33. The number of nitrogens with one attached hydrogen (secondary N) is 1. The summed E-state index contributed by atoms with van der Waals surface area (Å²) < 4.78 is 27.5. The fourth-order valence-electron chi connectivity index (χ4n) is 1.46. The zero-order valence-corrected chi connectivity index (χ0v) is 12.1. The van der Waals surface area contributed by atoms with Crippen LogP contribution in [0, 0.1) is 0 Å². The monoisotopic (exact) mass is 306 g/mol. The summed E-state index contributed by atoms with van der Waals surface area (Å²) >= 11 is 5.73. The Morgan fingerprint density at radius 3 is 2.68 bits per heavy atom. The third-order valence-electron chi connectivity index (χ3n) is 2.29. The van der Waals surface area contributed by atoms with E-state index in [0.717, 1.165) is 6.07 Å². The molecule has 0 aliphatic rings. The number of rotatable bonds is 5. The number of sulfonamides is 1. The van der Waals surface area contributed by atoms with E-state index in [4.69, 9.17) is 21.5 Å². The van der Waals surface area contributed by atoms with Gasteiger partial charge in [-0.15, -0.1) is 0 Å². The van der Waals surface area contributed by atoms with Crippen LogP contribution in [0.1, 0.15) is 17.3 Å². The number of carbonyl (C=O) groups is 1. The minimum Gasteiger partial charge on any atom is -0.383 e. The standard InChI is InChI=1S/C11H15ClN2O4S/c1-7(6-18-2)14-11(15)8-3-4-9(12)10(5-8)19(13,16)17/h3-5,7H,6H2,1-2H3,(H,14,15)(H2,13,16,17). The van der Waals surface area contributed by atoms with Crippen LogP contribution in [-0.2, 0) is 14.8 Å². The van der Waals surface area contributed by atoms with Crippen molar-refractivity contribution in [2.45, 2.75) is 17.9 Å². The van der Waals surface area contributed by atoms with Crippen molar-refractivity contribution < 1.29 is 17.9 Å². The number of hydrogen-bond acceptors (Lipinski definition) is 4. The van der Waals surface area contributed by atoms with Gasteiger partial charge in [0.1, 0.15) is 4.90 Å². The van der Waals surface area contributed by atoms with Crippen molar-refractivity contribution >= 4 is 27.5 Å². The van der Waals surface area contributed by atoms with Crippen LogP contribution in [0.2, 0.25) is 5.02 Å². The number of halogens is 1. The van der Waals surface area contributed by atoms with Crippen LogP contribution in [0.3, 0.4) is 0 Å². The van der Waals surface area contributed by atoms with E-state index in [9.17, 15) is 13.2 Å². The lowest BCUT2D eigenvalue weighted by Gasteiger charge is -2.13. The number of carbonyl (C=O) groups excluding carboxylic acids is 1. The minimum atomic E-state index is -3.96. The lowest BCUT2D eigenvalue weighted by Crippen LogP contribution is -2.35. The highest BCUT2D eigenvalue weighted by Gasteiger charge is 2.17. The molecular weight excluding hydrogens is 292 g/mol. The maximum Gasteiger partial charge on any atom is 0.251 e. The maximum atomic E-state index is 11.9. The van der Waals surface area contributed by atoms with Gasteiger partial charge >= 0.3 is 0 Å². The summed E-state index contributed by atoms with van der Waals surface area (Å²) in [6, 6.07) is 3.68. The quantitative estimate of drug-likeness (QED) is 0.838. The SMILES string of the molecule is COCC(C)NC(=O)c1ccc(Cl)c(S(N)(=O)=O)c1. The summed E-state index contributed by atoms with van der Waals surface area (Å²) in [5, 5.41) is 7.64. The van der Waals surface area contributed by atoms with E-state index < -0.39 is 15.9 Å². The second-order valence-corrected chi connectivity index (χ2v) is 5.96. The van der Waals surface area contributed by atoms with Gasteiger partial charge in [0.15, 0.2) is 0 Å². The summed E-state index contributed by atoms with van der Waals surface area (Å²) in [5.74, 6) is -0.425. The number of ether oxygens (including phenoxy) is 1. The number of amides is 1. The van der Waals surface area contributed by atoms with Crippen LogP contribution < -0.4 is 10.5 Å². The molecule has 0 aliphatic heterocycles. The fourth-order valence-corrected chi connectivity index (χ4v) is 2.53. The first-order valence-electron chi connectivity index (χ1n) is 5.38. The molecule has 19 heavy (non-hydrogen) atoms. The van der Waals surface area contributed by atoms with Crippen molar-refractivity contribution in [3.05, 3.63) is 28.8 Å². The molecule has 0 saturated carbocycles. The molecule has 1 rings (SSSR count). The minimum absolute atomic E-state index is 0.0241. The molecule has 0 fully saturated rings. The number of hydrogen-bond donors (Lipinski definition) is 2. The number of primary sulfonamides is 1. The molecule has 8 heteroatoms. The first kappa shape index (κ1) is 15.9. The first-order chi connectivity index (χ1) is 8.75. The highest BCUT2D eigenvalue weighted by Crippen LogP contribution is 2.21. The zero-order chi connectivity index (χ0) is 14.6. The van der Waals surface area contributed by atoms with E-state index in [1.54, 1.807) is 6.92 Å². The lowest BCUT2D eigenvalue weighted by molar-refractivity contribution is 0.0905.